The van der Waals surface area contributed by atoms with E-state index in [-0.39, 0.29) is 11.1 Å². The molecule has 1 aromatic heterocycles. The van der Waals surface area contributed by atoms with Gasteiger partial charge in [-0.3, -0.25) is 41.1 Å². The zero-order valence-corrected chi connectivity index (χ0v) is 12.5. The number of cyclic esters (lactones) is 2. The fourth-order valence-electron chi connectivity index (χ4n) is 1.43. The summed E-state index contributed by atoms with van der Waals surface area (Å²) >= 11 is 0. The number of carbonyl (C=O) groups is 4. The van der Waals surface area contributed by atoms with Gasteiger partial charge in [-0.05, 0) is 0 Å². The molecule has 8 N–H and O–H groups in total. The number of carboxylic acids is 2. The lowest BCUT2D eigenvalue weighted by molar-refractivity contribution is -0.151. The second kappa shape index (κ2) is 10.2. The average Bonchev–Trinajstić information content (AvgIpc) is 2.82. The summed E-state index contributed by atoms with van der Waals surface area (Å²) in [5, 5.41) is 20.6. The molecule has 13 heteroatoms. The normalized spacial score (nSPS) is 12.0. The predicted molar refractivity (Wildman–Crippen MR) is 78.8 cm³/mol. The summed E-state index contributed by atoms with van der Waals surface area (Å²) in [6.45, 7) is 0. The average molecular weight is 358 g/mol. The molecular formula is C12H14N4O9. The van der Waals surface area contributed by atoms with Gasteiger partial charge >= 0.3 is 23.9 Å². The molecule has 1 aliphatic rings. The van der Waals surface area contributed by atoms with Crippen LogP contribution in [0.25, 0.3) is 0 Å². The number of hydrogen-bond acceptors (Lipinski definition) is 9. The van der Waals surface area contributed by atoms with Gasteiger partial charge in [0.2, 0.25) is 0 Å². The van der Waals surface area contributed by atoms with Crippen molar-refractivity contribution in [3.05, 3.63) is 44.0 Å². The second-order valence-electron chi connectivity index (χ2n) is 4.13. The number of nitrogens with one attached hydrogen (secondary N) is 2. The number of nitrogens with two attached hydrogens (primary N) is 2. The first-order valence-electron chi connectivity index (χ1n) is 6.23. The van der Waals surface area contributed by atoms with Crippen molar-refractivity contribution in [1.82, 2.24) is 10.2 Å². The Morgan fingerprint density at radius 2 is 1.56 bits per heavy atom. The van der Waals surface area contributed by atoms with Gasteiger partial charge in [-0.15, -0.1) is 0 Å². The van der Waals surface area contributed by atoms with E-state index >= 15 is 0 Å². The molecule has 0 aromatic carbocycles. The van der Waals surface area contributed by atoms with E-state index in [1.807, 2.05) is 10.2 Å². The number of esters is 2. The van der Waals surface area contributed by atoms with Crippen molar-refractivity contribution in [3.8, 4) is 0 Å². The number of hydrazine groups is 1. The molecular weight excluding hydrogens is 344 g/mol. The maximum atomic E-state index is 10.8. The van der Waals surface area contributed by atoms with Crippen LogP contribution in [0.4, 0.5) is 0 Å². The van der Waals surface area contributed by atoms with E-state index in [2.05, 4.69) is 16.4 Å². The summed E-state index contributed by atoms with van der Waals surface area (Å²) in [4.78, 5) is 62.5. The van der Waals surface area contributed by atoms with E-state index in [9.17, 15) is 28.8 Å². The Morgan fingerprint density at radius 3 is 2.00 bits per heavy atom. The molecule has 13 nitrogen and oxygen atoms in total. The van der Waals surface area contributed by atoms with Crippen molar-refractivity contribution in [2.45, 2.75) is 12.8 Å². The molecule has 136 valence electrons. The Labute approximate surface area is 137 Å². The highest BCUT2D eigenvalue weighted by atomic mass is 16.6. The monoisotopic (exact) mass is 358 g/mol. The zero-order valence-electron chi connectivity index (χ0n) is 12.5. The second-order valence-corrected chi connectivity index (χ2v) is 4.13. The lowest BCUT2D eigenvalue weighted by Gasteiger charge is -1.92. The highest BCUT2D eigenvalue weighted by Gasteiger charge is 2.24. The van der Waals surface area contributed by atoms with Gasteiger partial charge in [0.25, 0.3) is 11.1 Å². The number of aliphatic carboxylic acids is 2. The van der Waals surface area contributed by atoms with Crippen LogP contribution >= 0.6 is 0 Å². The van der Waals surface area contributed by atoms with Gasteiger partial charge in [-0.2, -0.15) is 0 Å². The lowest BCUT2D eigenvalue weighted by atomic mass is 10.2. The molecule has 0 bridgehead atoms. The molecule has 0 unspecified atom stereocenters. The van der Waals surface area contributed by atoms with Gasteiger partial charge in [-0.1, -0.05) is 0 Å². The van der Waals surface area contributed by atoms with Gasteiger partial charge in [-0.25, -0.2) is 9.59 Å². The van der Waals surface area contributed by atoms with E-state index in [1.54, 1.807) is 0 Å². The first-order chi connectivity index (χ1) is 11.7. The van der Waals surface area contributed by atoms with E-state index < -0.39 is 47.8 Å². The molecule has 25 heavy (non-hydrogen) atoms. The van der Waals surface area contributed by atoms with Crippen LogP contribution in [0.15, 0.2) is 27.3 Å². The fraction of sp³-hybridized carbons (Fsp3) is 0.167. The summed E-state index contributed by atoms with van der Waals surface area (Å²) in [7, 11) is 0. The minimum Gasteiger partial charge on any atom is -0.481 e. The zero-order chi connectivity index (χ0) is 19.6. The molecule has 0 fully saturated rings. The number of rotatable bonds is 4. The quantitative estimate of drug-likeness (QED) is 0.137. The molecule has 0 radical (unpaired) electrons. The van der Waals surface area contributed by atoms with E-state index in [0.717, 1.165) is 12.1 Å². The Hall–Kier alpha value is -3.58. The third-order valence-corrected chi connectivity index (χ3v) is 2.33. The van der Waals surface area contributed by atoms with Crippen LogP contribution in [0.5, 0.6) is 0 Å². The summed E-state index contributed by atoms with van der Waals surface area (Å²) < 4.78 is 4.04. The number of carboxylic acid groups (broad SMARTS) is 2. The summed E-state index contributed by atoms with van der Waals surface area (Å²) in [6, 6.07) is 0.965. The smallest absolute Gasteiger partial charge is 0.342 e. The fourth-order valence-corrected chi connectivity index (χ4v) is 1.43. The van der Waals surface area contributed by atoms with Gasteiger partial charge in [0, 0.05) is 17.7 Å². The molecule has 2 rings (SSSR count). The molecule has 0 aliphatic carbocycles. The first-order valence-corrected chi connectivity index (χ1v) is 6.23. The molecule has 1 aromatic rings. The maximum absolute atomic E-state index is 10.8. The van der Waals surface area contributed by atoms with E-state index in [4.69, 9.17) is 10.2 Å². The van der Waals surface area contributed by atoms with Crippen molar-refractivity contribution >= 4 is 23.9 Å². The van der Waals surface area contributed by atoms with Crippen LogP contribution in [0, 0.1) is 0 Å². The highest BCUT2D eigenvalue weighted by Crippen LogP contribution is 2.11. The number of carbonyl (C=O) groups excluding carboxylic acids is 2. The van der Waals surface area contributed by atoms with Crippen molar-refractivity contribution in [1.29, 1.82) is 0 Å². The standard InChI is InChI=1S/C6H6N2O4.C6H4O5.H4N2/c9-4-1-3(2-5(10)11)6(12)8-7-4;7-4(8)1-3-2-5(9)11-6(3)10;1-2/h1H,2H2,(H,7,9)(H,8,12)(H,10,11);2H,1H2,(H,7,8);1-2H2. The number of ether oxygens (including phenoxy) is 1. The number of aromatic nitrogens is 2. The Kier molecular flexibility index (Phi) is 8.78. The summed E-state index contributed by atoms with van der Waals surface area (Å²) in [5.41, 5.74) is -1.27. The lowest BCUT2D eigenvalue weighted by Crippen LogP contribution is -2.23. The predicted octanol–water partition coefficient (Wildman–Crippen LogP) is -3.02. The molecule has 1 aliphatic heterocycles. The van der Waals surface area contributed by atoms with Crippen LogP contribution in [0.1, 0.15) is 12.0 Å². The van der Waals surface area contributed by atoms with Crippen LogP contribution in [0.3, 0.4) is 0 Å². The van der Waals surface area contributed by atoms with E-state index in [0.29, 0.717) is 0 Å². The Balaban J connectivity index is 0.000000421. The SMILES string of the molecule is NN.O=C(O)CC1=CC(=O)OC1=O.O=C(O)Cc1cc(=O)[nH][nH]c1=O. The van der Waals surface area contributed by atoms with Crippen molar-refractivity contribution in [2.24, 2.45) is 11.7 Å². The van der Waals surface area contributed by atoms with Gasteiger partial charge < -0.3 is 14.9 Å². The van der Waals surface area contributed by atoms with Crippen LogP contribution < -0.4 is 22.8 Å². The molecule has 2 heterocycles. The first kappa shape index (κ1) is 21.4. The van der Waals surface area contributed by atoms with Crippen molar-refractivity contribution < 1.29 is 34.1 Å². The number of H-pyrrole nitrogens is 2. The maximum Gasteiger partial charge on any atom is 0.342 e. The van der Waals surface area contributed by atoms with Crippen LogP contribution in [-0.2, 0) is 30.3 Å². The largest absolute Gasteiger partial charge is 0.481 e. The van der Waals surface area contributed by atoms with Crippen molar-refractivity contribution in [3.63, 3.8) is 0 Å². The van der Waals surface area contributed by atoms with Crippen LogP contribution in [0.2, 0.25) is 0 Å². The van der Waals surface area contributed by atoms with Crippen molar-refractivity contribution in [2.75, 3.05) is 0 Å². The minimum absolute atomic E-state index is 0.0498. The summed E-state index contributed by atoms with van der Waals surface area (Å²) in [6.07, 6.45) is -0.0275. The molecule has 0 atom stereocenters. The van der Waals surface area contributed by atoms with Gasteiger partial charge in [0.05, 0.1) is 18.4 Å². The third-order valence-electron chi connectivity index (χ3n) is 2.33. The van der Waals surface area contributed by atoms with Crippen LogP contribution in [-0.4, -0.2) is 44.3 Å². The van der Waals surface area contributed by atoms with Gasteiger partial charge in [0.15, 0.2) is 0 Å². The van der Waals surface area contributed by atoms with Gasteiger partial charge in [0.1, 0.15) is 0 Å². The number of hydrogen-bond donors (Lipinski definition) is 6. The minimum atomic E-state index is -1.16. The number of aromatic amines is 2. The molecule has 0 amide bonds. The highest BCUT2D eigenvalue weighted by molar-refractivity contribution is 6.10. The van der Waals surface area contributed by atoms with E-state index in [1.165, 1.54) is 0 Å². The summed E-state index contributed by atoms with van der Waals surface area (Å²) in [5.74, 6) is 4.03. The molecule has 0 saturated carbocycles. The molecule has 0 spiro atoms. The Bertz CT molecular complexity index is 805. The molecule has 0 saturated heterocycles. The third kappa shape index (κ3) is 8.00. The topological polar surface area (TPSA) is 236 Å². The Morgan fingerprint density at radius 1 is 1.00 bits per heavy atom.